The van der Waals surface area contributed by atoms with Gasteiger partial charge in [0.05, 0.1) is 0 Å². The van der Waals surface area contributed by atoms with E-state index in [1.54, 1.807) is 11.1 Å². The highest BCUT2D eigenvalue weighted by Crippen LogP contribution is 2.66. The van der Waals surface area contributed by atoms with Crippen molar-refractivity contribution in [3.63, 3.8) is 0 Å². The Bertz CT molecular complexity index is 1060. The fraction of sp³-hybridized carbons (Fsp3) is 0.737. The van der Waals surface area contributed by atoms with E-state index >= 15 is 0 Å². The van der Waals surface area contributed by atoms with Crippen LogP contribution in [0, 0.1) is 28.6 Å². The largest absolute Gasteiger partial charge is 0.462 e. The Kier molecular flexibility index (Phi) is 10.5. The molecule has 0 N–H and O–H groups in total. The number of carbonyl (C=O) groups excluding carboxylic acids is 1. The Labute approximate surface area is 251 Å². The molecule has 226 valence electrons. The first-order valence-electron chi connectivity index (χ1n) is 17.5. The number of ether oxygens (including phenoxy) is 1. The number of pyridine rings is 1. The third-order valence-corrected chi connectivity index (χ3v) is 11.9. The first-order chi connectivity index (χ1) is 20.0. The minimum Gasteiger partial charge on any atom is -0.462 e. The van der Waals surface area contributed by atoms with E-state index in [1.807, 2.05) is 6.20 Å². The van der Waals surface area contributed by atoms with Gasteiger partial charge in [-0.3, -0.25) is 9.78 Å². The van der Waals surface area contributed by atoms with E-state index in [9.17, 15) is 4.79 Å². The maximum atomic E-state index is 12.7. The quantitative estimate of drug-likeness (QED) is 0.129. The number of esters is 1. The molecule has 1 aromatic rings. The van der Waals surface area contributed by atoms with Crippen molar-refractivity contribution in [1.82, 2.24) is 4.98 Å². The van der Waals surface area contributed by atoms with Gasteiger partial charge in [0.1, 0.15) is 6.10 Å². The van der Waals surface area contributed by atoms with Crippen LogP contribution in [0.15, 0.2) is 42.3 Å². The number of nitrogens with zero attached hydrogens (tertiary/aromatic N) is 1. The molecule has 4 aliphatic carbocycles. The normalized spacial score (nSPS) is 32.4. The summed E-state index contributed by atoms with van der Waals surface area (Å²) in [6, 6.07) is 4.33. The first kappa shape index (κ1) is 30.6. The predicted octanol–water partition coefficient (Wildman–Crippen LogP) is 10.7. The van der Waals surface area contributed by atoms with Gasteiger partial charge in [-0.05, 0) is 90.7 Å². The highest BCUT2D eigenvalue weighted by Gasteiger charge is 2.57. The SMILES string of the molecule is CCCCCCCCCCCCCC(=O)O[C@H]1CC[C@@]2(C)C(=CC[C@@H]3[C@@H]2CC[C@]2(C)C(c4cccnc4)=CC[C@@H]32)C1. The zero-order chi connectivity index (χ0) is 28.7. The summed E-state index contributed by atoms with van der Waals surface area (Å²) in [6.45, 7) is 7.36. The Morgan fingerprint density at radius 1 is 0.878 bits per heavy atom. The van der Waals surface area contributed by atoms with Gasteiger partial charge in [-0.1, -0.05) is 109 Å². The standard InChI is InChI=1S/C38H57NO2/c1-4-5-6-7-8-9-10-11-12-13-14-17-36(40)41-31-22-24-37(2)30(27-31)18-19-32-34-21-20-33(29-16-15-26-39-28-29)38(34,3)25-23-35(32)37/h15-16,18,20,26,28,31-32,34-35H,4-14,17,19,21-25,27H2,1-3H3/t31-,32-,34-,35-,37-,38+/m0/s1. The molecule has 41 heavy (non-hydrogen) atoms. The average molecular weight is 560 g/mol. The van der Waals surface area contributed by atoms with Crippen molar-refractivity contribution in [3.05, 3.63) is 47.8 Å². The lowest BCUT2D eigenvalue weighted by Gasteiger charge is -2.57. The van der Waals surface area contributed by atoms with E-state index in [-0.39, 0.29) is 22.9 Å². The van der Waals surface area contributed by atoms with Crippen LogP contribution in [0.4, 0.5) is 0 Å². The molecule has 0 aliphatic heterocycles. The maximum absolute atomic E-state index is 12.7. The summed E-state index contributed by atoms with van der Waals surface area (Å²) in [5, 5.41) is 0. The molecule has 0 aromatic carbocycles. The zero-order valence-electron chi connectivity index (χ0n) is 26.5. The number of allylic oxidation sites excluding steroid dienone is 3. The minimum atomic E-state index is 0.0391. The van der Waals surface area contributed by atoms with E-state index in [0.717, 1.165) is 37.0 Å². The van der Waals surface area contributed by atoms with Crippen LogP contribution in [0.2, 0.25) is 0 Å². The number of fused-ring (bicyclic) bond motifs is 5. The molecule has 0 amide bonds. The number of aromatic nitrogens is 1. The number of hydrogen-bond acceptors (Lipinski definition) is 3. The number of carbonyl (C=O) groups is 1. The zero-order valence-corrected chi connectivity index (χ0v) is 26.5. The van der Waals surface area contributed by atoms with Crippen molar-refractivity contribution in [2.24, 2.45) is 28.6 Å². The monoisotopic (exact) mass is 559 g/mol. The third kappa shape index (κ3) is 6.86. The second-order valence-corrected chi connectivity index (χ2v) is 14.5. The summed E-state index contributed by atoms with van der Waals surface area (Å²) < 4.78 is 6.07. The van der Waals surface area contributed by atoms with Gasteiger partial charge in [-0.25, -0.2) is 0 Å². The molecule has 3 heteroatoms. The summed E-state index contributed by atoms with van der Waals surface area (Å²) in [5.41, 5.74) is 5.01. The highest BCUT2D eigenvalue weighted by molar-refractivity contribution is 5.72. The average Bonchev–Trinajstić information content (AvgIpc) is 3.34. The predicted molar refractivity (Wildman–Crippen MR) is 170 cm³/mol. The molecule has 1 aromatic heterocycles. The van der Waals surface area contributed by atoms with Crippen molar-refractivity contribution < 1.29 is 9.53 Å². The van der Waals surface area contributed by atoms with Gasteiger partial charge in [0.25, 0.3) is 0 Å². The fourth-order valence-electron chi connectivity index (χ4n) is 9.44. The van der Waals surface area contributed by atoms with Crippen molar-refractivity contribution in [1.29, 1.82) is 0 Å². The molecule has 4 aliphatic rings. The summed E-state index contributed by atoms with van der Waals surface area (Å²) in [4.78, 5) is 17.1. The Hall–Kier alpha value is -1.90. The lowest BCUT2D eigenvalue weighted by molar-refractivity contribution is -0.151. The summed E-state index contributed by atoms with van der Waals surface area (Å²) in [7, 11) is 0. The molecule has 0 unspecified atom stereocenters. The first-order valence-corrected chi connectivity index (χ1v) is 17.5. The maximum Gasteiger partial charge on any atom is 0.306 e. The van der Waals surface area contributed by atoms with Gasteiger partial charge >= 0.3 is 5.97 Å². The molecule has 0 bridgehead atoms. The van der Waals surface area contributed by atoms with Crippen LogP contribution < -0.4 is 0 Å². The molecule has 1 heterocycles. The van der Waals surface area contributed by atoms with E-state index in [4.69, 9.17) is 4.74 Å². The van der Waals surface area contributed by atoms with Gasteiger partial charge in [0.2, 0.25) is 0 Å². The van der Waals surface area contributed by atoms with E-state index in [2.05, 4.69) is 56.2 Å². The summed E-state index contributed by atoms with van der Waals surface area (Å²) in [6.07, 6.45) is 32.3. The van der Waals surface area contributed by atoms with Gasteiger partial charge in [-0.2, -0.15) is 0 Å². The second kappa shape index (κ2) is 14.0. The Balaban J connectivity index is 1.05. The molecule has 5 rings (SSSR count). The van der Waals surface area contributed by atoms with Crippen molar-refractivity contribution >= 4 is 11.5 Å². The molecule has 0 spiro atoms. The molecule has 2 saturated carbocycles. The molecular weight excluding hydrogens is 502 g/mol. The van der Waals surface area contributed by atoms with Crippen LogP contribution >= 0.6 is 0 Å². The molecule has 0 saturated heterocycles. The van der Waals surface area contributed by atoms with Crippen LogP contribution in [0.1, 0.15) is 148 Å². The topological polar surface area (TPSA) is 39.2 Å². The molecule has 3 nitrogen and oxygen atoms in total. The van der Waals surface area contributed by atoms with Gasteiger partial charge in [0.15, 0.2) is 0 Å². The van der Waals surface area contributed by atoms with Crippen LogP contribution in [-0.2, 0) is 9.53 Å². The molecule has 6 atom stereocenters. The number of unbranched alkanes of at least 4 members (excludes halogenated alkanes) is 10. The highest BCUT2D eigenvalue weighted by atomic mass is 16.5. The van der Waals surface area contributed by atoms with Crippen LogP contribution in [0.3, 0.4) is 0 Å². The summed E-state index contributed by atoms with van der Waals surface area (Å²) in [5.74, 6) is 2.29. The van der Waals surface area contributed by atoms with Gasteiger partial charge in [0, 0.05) is 25.2 Å². The molecule has 0 radical (unpaired) electrons. The number of rotatable bonds is 14. The van der Waals surface area contributed by atoms with Crippen molar-refractivity contribution in [2.75, 3.05) is 0 Å². The third-order valence-electron chi connectivity index (χ3n) is 11.9. The fourth-order valence-corrected chi connectivity index (χ4v) is 9.44. The van der Waals surface area contributed by atoms with E-state index in [1.165, 1.54) is 102 Å². The minimum absolute atomic E-state index is 0.0391. The van der Waals surface area contributed by atoms with E-state index in [0.29, 0.717) is 6.42 Å². The van der Waals surface area contributed by atoms with Gasteiger partial charge < -0.3 is 4.74 Å². The molecule has 2 fully saturated rings. The second-order valence-electron chi connectivity index (χ2n) is 14.5. The summed E-state index contributed by atoms with van der Waals surface area (Å²) >= 11 is 0. The smallest absolute Gasteiger partial charge is 0.306 e. The van der Waals surface area contributed by atoms with Crippen molar-refractivity contribution in [3.8, 4) is 0 Å². The Morgan fingerprint density at radius 2 is 1.59 bits per heavy atom. The Morgan fingerprint density at radius 3 is 2.29 bits per heavy atom. The van der Waals surface area contributed by atoms with Crippen molar-refractivity contribution in [2.45, 2.75) is 149 Å². The lowest BCUT2D eigenvalue weighted by atomic mass is 9.47. The van der Waals surface area contributed by atoms with Gasteiger partial charge in [-0.15, -0.1) is 0 Å². The molecular formula is C38H57NO2. The van der Waals surface area contributed by atoms with Crippen LogP contribution in [-0.4, -0.2) is 17.1 Å². The van der Waals surface area contributed by atoms with Crippen LogP contribution in [0.25, 0.3) is 5.57 Å². The number of hydrogen-bond donors (Lipinski definition) is 0. The van der Waals surface area contributed by atoms with Crippen LogP contribution in [0.5, 0.6) is 0 Å². The van der Waals surface area contributed by atoms with E-state index < -0.39 is 0 Å². The lowest BCUT2D eigenvalue weighted by Crippen LogP contribution is -2.50.